The molecule has 0 spiro atoms. The smallest absolute Gasteiger partial charge is 0.128 e. The molecular weight excluding hydrogens is 224 g/mol. The molecule has 0 amide bonds. The molecule has 0 radical (unpaired) electrons. The largest absolute Gasteiger partial charge is 0.377 e. The second-order valence-electron chi connectivity index (χ2n) is 7.14. The van der Waals surface area contributed by atoms with E-state index >= 15 is 0 Å². The molecular formula is C16H26O2. The zero-order valence-corrected chi connectivity index (χ0v) is 12.9. The predicted octanol–water partition coefficient (Wildman–Crippen LogP) is 2.59. The summed E-state index contributed by atoms with van der Waals surface area (Å²) in [5.74, 6) is 10.8. The summed E-state index contributed by atoms with van der Waals surface area (Å²) in [7, 11) is 0. The molecule has 0 aromatic rings. The number of aliphatic hydroxyl groups is 2. The number of hydrogen-bond acceptors (Lipinski definition) is 2. The van der Waals surface area contributed by atoms with E-state index in [1.54, 1.807) is 13.8 Å². The molecule has 0 rings (SSSR count). The maximum absolute atomic E-state index is 10.1. The summed E-state index contributed by atoms with van der Waals surface area (Å²) in [6.07, 6.45) is 0. The third kappa shape index (κ3) is 4.37. The van der Waals surface area contributed by atoms with E-state index in [0.29, 0.717) is 0 Å². The zero-order chi connectivity index (χ0) is 14.8. The van der Waals surface area contributed by atoms with Crippen LogP contribution in [0.4, 0.5) is 0 Å². The molecule has 0 aromatic heterocycles. The Morgan fingerprint density at radius 3 is 0.944 bits per heavy atom. The molecule has 18 heavy (non-hydrogen) atoms. The molecule has 0 saturated carbocycles. The van der Waals surface area contributed by atoms with Gasteiger partial charge in [0.05, 0.1) is 0 Å². The molecule has 0 unspecified atom stereocenters. The van der Waals surface area contributed by atoms with Crippen molar-refractivity contribution < 1.29 is 10.2 Å². The molecule has 2 atom stereocenters. The summed E-state index contributed by atoms with van der Waals surface area (Å²) in [4.78, 5) is 0. The Morgan fingerprint density at radius 1 is 0.556 bits per heavy atom. The minimum absolute atomic E-state index is 0.339. The topological polar surface area (TPSA) is 40.5 Å². The summed E-state index contributed by atoms with van der Waals surface area (Å²) in [5, 5.41) is 20.3. The first kappa shape index (κ1) is 17.0. The first-order valence-electron chi connectivity index (χ1n) is 6.20. The molecule has 102 valence electrons. The van der Waals surface area contributed by atoms with E-state index in [0.717, 1.165) is 0 Å². The van der Waals surface area contributed by atoms with Crippen LogP contribution in [0.15, 0.2) is 0 Å². The Balaban J connectivity index is 5.05. The van der Waals surface area contributed by atoms with Crippen molar-refractivity contribution in [1.29, 1.82) is 0 Å². The normalized spacial score (nSPS) is 18.6. The molecule has 0 saturated heterocycles. The average Bonchev–Trinajstić information content (AvgIpc) is 2.08. The van der Waals surface area contributed by atoms with Gasteiger partial charge in [-0.2, -0.15) is 0 Å². The standard InChI is InChI=1S/C16H26O2/c1-13(2,3)15(7,17)11-9-10-12-16(8,18)14(4,5)6/h17-18H,1-8H3/t15-,16-/m0/s1. The molecule has 0 heterocycles. The Labute approximate surface area is 112 Å². The van der Waals surface area contributed by atoms with E-state index in [1.807, 2.05) is 41.5 Å². The van der Waals surface area contributed by atoms with Crippen LogP contribution in [-0.2, 0) is 0 Å². The maximum atomic E-state index is 10.1. The maximum Gasteiger partial charge on any atom is 0.128 e. The summed E-state index contributed by atoms with van der Waals surface area (Å²) in [5.41, 5.74) is -2.88. The first-order valence-corrected chi connectivity index (χ1v) is 6.20. The van der Waals surface area contributed by atoms with Crippen LogP contribution in [0.3, 0.4) is 0 Å². The van der Waals surface area contributed by atoms with Gasteiger partial charge < -0.3 is 10.2 Å². The summed E-state index contributed by atoms with van der Waals surface area (Å²) < 4.78 is 0. The van der Waals surface area contributed by atoms with Gasteiger partial charge in [0.1, 0.15) is 11.2 Å². The third-order valence-electron chi connectivity index (χ3n) is 3.60. The van der Waals surface area contributed by atoms with Gasteiger partial charge >= 0.3 is 0 Å². The highest BCUT2D eigenvalue weighted by Crippen LogP contribution is 2.29. The molecule has 2 nitrogen and oxygen atoms in total. The van der Waals surface area contributed by atoms with Crippen molar-refractivity contribution in [3.63, 3.8) is 0 Å². The lowest BCUT2D eigenvalue weighted by molar-refractivity contribution is 0.0123. The van der Waals surface area contributed by atoms with Crippen LogP contribution in [0.25, 0.3) is 0 Å². The SMILES string of the molecule is CC(C)(C)[C@@](C)(O)C#CC#C[C@](C)(O)C(C)(C)C. The van der Waals surface area contributed by atoms with Crippen LogP contribution in [0.5, 0.6) is 0 Å². The molecule has 0 aliphatic carbocycles. The Morgan fingerprint density at radius 2 is 0.778 bits per heavy atom. The number of hydrogen-bond donors (Lipinski definition) is 2. The Bertz CT molecular complexity index is 364. The van der Waals surface area contributed by atoms with Crippen molar-refractivity contribution in [1.82, 2.24) is 0 Å². The van der Waals surface area contributed by atoms with Gasteiger partial charge in [-0.1, -0.05) is 53.4 Å². The van der Waals surface area contributed by atoms with Gasteiger partial charge in [-0.3, -0.25) is 0 Å². The fourth-order valence-electron chi connectivity index (χ4n) is 0.681. The fourth-order valence-corrected chi connectivity index (χ4v) is 0.681. The van der Waals surface area contributed by atoms with Gasteiger partial charge in [0.25, 0.3) is 0 Å². The van der Waals surface area contributed by atoms with Crippen LogP contribution >= 0.6 is 0 Å². The zero-order valence-electron chi connectivity index (χ0n) is 12.9. The highest BCUT2D eigenvalue weighted by atomic mass is 16.3. The van der Waals surface area contributed by atoms with E-state index < -0.39 is 11.2 Å². The molecule has 0 fully saturated rings. The lowest BCUT2D eigenvalue weighted by Crippen LogP contribution is -2.38. The van der Waals surface area contributed by atoms with Crippen molar-refractivity contribution in [2.24, 2.45) is 10.8 Å². The van der Waals surface area contributed by atoms with Crippen LogP contribution in [0.2, 0.25) is 0 Å². The first-order chi connectivity index (χ1) is 7.71. The molecule has 0 bridgehead atoms. The highest BCUT2D eigenvalue weighted by molar-refractivity contribution is 5.33. The lowest BCUT2D eigenvalue weighted by Gasteiger charge is -2.32. The lowest BCUT2D eigenvalue weighted by atomic mass is 9.78. The van der Waals surface area contributed by atoms with Crippen molar-refractivity contribution in [2.45, 2.75) is 66.6 Å². The van der Waals surface area contributed by atoms with E-state index in [9.17, 15) is 10.2 Å². The minimum atomic E-state index is -1.10. The van der Waals surface area contributed by atoms with Crippen molar-refractivity contribution in [3.8, 4) is 23.7 Å². The molecule has 0 aromatic carbocycles. The van der Waals surface area contributed by atoms with E-state index in [-0.39, 0.29) is 10.8 Å². The average molecular weight is 250 g/mol. The predicted molar refractivity (Wildman–Crippen MR) is 75.7 cm³/mol. The second kappa shape index (κ2) is 4.96. The molecule has 2 N–H and O–H groups in total. The van der Waals surface area contributed by atoms with E-state index in [4.69, 9.17) is 0 Å². The van der Waals surface area contributed by atoms with Crippen LogP contribution in [0.1, 0.15) is 55.4 Å². The van der Waals surface area contributed by atoms with Gasteiger partial charge in [0.2, 0.25) is 0 Å². The second-order valence-corrected chi connectivity index (χ2v) is 7.14. The fraction of sp³-hybridized carbons (Fsp3) is 0.750. The van der Waals surface area contributed by atoms with Crippen LogP contribution < -0.4 is 0 Å². The van der Waals surface area contributed by atoms with Gasteiger partial charge in [0, 0.05) is 10.8 Å². The van der Waals surface area contributed by atoms with Crippen molar-refractivity contribution >= 4 is 0 Å². The minimum Gasteiger partial charge on any atom is -0.377 e. The molecule has 0 aliphatic rings. The summed E-state index contributed by atoms with van der Waals surface area (Å²) in [6, 6.07) is 0. The third-order valence-corrected chi connectivity index (χ3v) is 3.60. The van der Waals surface area contributed by atoms with Gasteiger partial charge in [-0.15, -0.1) is 0 Å². The van der Waals surface area contributed by atoms with Crippen LogP contribution in [0, 0.1) is 34.5 Å². The van der Waals surface area contributed by atoms with Gasteiger partial charge in [0.15, 0.2) is 0 Å². The number of rotatable bonds is 0. The summed E-state index contributed by atoms with van der Waals surface area (Å²) >= 11 is 0. The summed E-state index contributed by atoms with van der Waals surface area (Å²) in [6.45, 7) is 14.8. The Hall–Kier alpha value is -0.960. The molecule has 2 heteroatoms. The van der Waals surface area contributed by atoms with Gasteiger partial charge in [-0.25, -0.2) is 0 Å². The van der Waals surface area contributed by atoms with Crippen molar-refractivity contribution in [2.75, 3.05) is 0 Å². The van der Waals surface area contributed by atoms with E-state index in [1.165, 1.54) is 0 Å². The van der Waals surface area contributed by atoms with Gasteiger partial charge in [-0.05, 0) is 25.7 Å². The molecule has 0 aliphatic heterocycles. The van der Waals surface area contributed by atoms with E-state index in [2.05, 4.69) is 23.7 Å². The van der Waals surface area contributed by atoms with Crippen molar-refractivity contribution in [3.05, 3.63) is 0 Å². The Kier molecular flexibility index (Phi) is 4.70. The quantitative estimate of drug-likeness (QED) is 0.649. The van der Waals surface area contributed by atoms with Crippen LogP contribution in [-0.4, -0.2) is 21.4 Å². The monoisotopic (exact) mass is 250 g/mol. The highest BCUT2D eigenvalue weighted by Gasteiger charge is 2.34.